The van der Waals surface area contributed by atoms with Crippen molar-refractivity contribution in [3.8, 4) is 6.07 Å². The SMILES string of the molecule is CCOC(=O)c1csc(CN(C(=O)Nc2cccc(C#N)c2)C2CCCCC2)n1. The van der Waals surface area contributed by atoms with Crippen LogP contribution in [-0.4, -0.2) is 34.5 Å². The number of benzene rings is 1. The Balaban J connectivity index is 1.76. The quantitative estimate of drug-likeness (QED) is 0.702. The fourth-order valence-corrected chi connectivity index (χ4v) is 4.21. The van der Waals surface area contributed by atoms with Crippen LogP contribution < -0.4 is 5.32 Å². The number of thiazole rings is 1. The molecule has 1 aromatic carbocycles. The molecule has 0 bridgehead atoms. The van der Waals surface area contributed by atoms with Crippen LogP contribution in [0.5, 0.6) is 0 Å². The molecule has 7 nitrogen and oxygen atoms in total. The monoisotopic (exact) mass is 412 g/mol. The maximum absolute atomic E-state index is 13.1. The number of esters is 1. The molecule has 8 heteroatoms. The van der Waals surface area contributed by atoms with Crippen LogP contribution in [0.1, 0.15) is 60.1 Å². The van der Waals surface area contributed by atoms with Crippen LogP contribution in [0, 0.1) is 11.3 Å². The highest BCUT2D eigenvalue weighted by molar-refractivity contribution is 7.09. The van der Waals surface area contributed by atoms with E-state index in [1.807, 2.05) is 0 Å². The van der Waals surface area contributed by atoms with E-state index in [-0.39, 0.29) is 17.8 Å². The molecular formula is C21H24N4O3S. The van der Waals surface area contributed by atoms with E-state index in [1.54, 1.807) is 41.5 Å². The first-order valence-electron chi connectivity index (χ1n) is 9.80. The number of hydrogen-bond acceptors (Lipinski definition) is 6. The van der Waals surface area contributed by atoms with Gasteiger partial charge in [0.05, 0.1) is 24.8 Å². The molecular weight excluding hydrogens is 388 g/mol. The fourth-order valence-electron chi connectivity index (χ4n) is 3.45. The van der Waals surface area contributed by atoms with Crippen LogP contribution in [0.2, 0.25) is 0 Å². The maximum Gasteiger partial charge on any atom is 0.357 e. The van der Waals surface area contributed by atoms with Gasteiger partial charge in [0.15, 0.2) is 5.69 Å². The predicted octanol–water partition coefficient (Wildman–Crippen LogP) is 4.56. The van der Waals surface area contributed by atoms with Crippen LogP contribution in [0.3, 0.4) is 0 Å². The van der Waals surface area contributed by atoms with Gasteiger partial charge in [0.1, 0.15) is 5.01 Å². The van der Waals surface area contributed by atoms with Crippen LogP contribution in [0.4, 0.5) is 10.5 Å². The first-order chi connectivity index (χ1) is 14.1. The second kappa shape index (κ2) is 10.0. The van der Waals surface area contributed by atoms with Crippen molar-refractivity contribution in [2.24, 2.45) is 0 Å². The van der Waals surface area contributed by atoms with Gasteiger partial charge in [0, 0.05) is 17.1 Å². The normalized spacial score (nSPS) is 14.1. The smallest absolute Gasteiger partial charge is 0.357 e. The molecule has 1 aromatic heterocycles. The van der Waals surface area contributed by atoms with Crippen molar-refractivity contribution >= 4 is 29.0 Å². The minimum absolute atomic E-state index is 0.123. The predicted molar refractivity (Wildman–Crippen MR) is 111 cm³/mol. The van der Waals surface area contributed by atoms with Gasteiger partial charge < -0.3 is 15.0 Å². The number of nitrogens with one attached hydrogen (secondary N) is 1. The van der Waals surface area contributed by atoms with Crippen LogP contribution in [0.15, 0.2) is 29.6 Å². The lowest BCUT2D eigenvalue weighted by Gasteiger charge is -2.33. The summed E-state index contributed by atoms with van der Waals surface area (Å²) in [6, 6.07) is 8.83. The first-order valence-corrected chi connectivity index (χ1v) is 10.7. The van der Waals surface area contributed by atoms with E-state index in [0.717, 1.165) is 25.7 Å². The maximum atomic E-state index is 13.1. The Morgan fingerprint density at radius 1 is 1.34 bits per heavy atom. The second-order valence-corrected chi connectivity index (χ2v) is 7.83. The summed E-state index contributed by atoms with van der Waals surface area (Å²) >= 11 is 1.35. The van der Waals surface area contributed by atoms with E-state index in [0.29, 0.717) is 29.4 Å². The molecule has 0 unspecified atom stereocenters. The van der Waals surface area contributed by atoms with E-state index in [9.17, 15) is 9.59 Å². The number of nitrogens with zero attached hydrogens (tertiary/aromatic N) is 3. The summed E-state index contributed by atoms with van der Waals surface area (Å²) < 4.78 is 5.00. The van der Waals surface area contributed by atoms with Gasteiger partial charge in [-0.1, -0.05) is 25.3 Å². The highest BCUT2D eigenvalue weighted by Crippen LogP contribution is 2.26. The number of rotatable bonds is 6. The number of nitriles is 1. The summed E-state index contributed by atoms with van der Waals surface area (Å²) in [6.45, 7) is 2.38. The lowest BCUT2D eigenvalue weighted by Crippen LogP contribution is -2.43. The van der Waals surface area contributed by atoms with Crippen molar-refractivity contribution in [3.63, 3.8) is 0 Å². The standard InChI is InChI=1S/C21H24N4O3S/c1-2-28-20(26)18-14-29-19(24-18)13-25(17-9-4-3-5-10-17)21(27)23-16-8-6-7-15(11-16)12-22/h6-8,11,14,17H,2-5,9-10,13H2,1H3,(H,23,27). The third-order valence-corrected chi connectivity index (χ3v) is 5.69. The van der Waals surface area contributed by atoms with Gasteiger partial charge in [-0.2, -0.15) is 5.26 Å². The number of anilines is 1. The zero-order valence-electron chi connectivity index (χ0n) is 16.4. The zero-order chi connectivity index (χ0) is 20.6. The average Bonchev–Trinajstić information content (AvgIpc) is 3.22. The summed E-state index contributed by atoms with van der Waals surface area (Å²) in [5.41, 5.74) is 1.35. The van der Waals surface area contributed by atoms with Crippen molar-refractivity contribution < 1.29 is 14.3 Å². The molecule has 152 valence electrons. The largest absolute Gasteiger partial charge is 0.461 e. The van der Waals surface area contributed by atoms with Gasteiger partial charge in [0.25, 0.3) is 0 Å². The molecule has 0 aliphatic heterocycles. The van der Waals surface area contributed by atoms with Crippen LogP contribution in [0.25, 0.3) is 0 Å². The molecule has 1 aliphatic carbocycles. The van der Waals surface area contributed by atoms with E-state index >= 15 is 0 Å². The van der Waals surface area contributed by atoms with E-state index in [1.165, 1.54) is 17.8 Å². The Morgan fingerprint density at radius 3 is 2.86 bits per heavy atom. The van der Waals surface area contributed by atoms with Crippen molar-refractivity contribution in [2.45, 2.75) is 51.6 Å². The topological polar surface area (TPSA) is 95.3 Å². The third-order valence-electron chi connectivity index (χ3n) is 4.86. The van der Waals surface area contributed by atoms with Gasteiger partial charge in [-0.25, -0.2) is 14.6 Å². The van der Waals surface area contributed by atoms with Gasteiger partial charge in [-0.15, -0.1) is 11.3 Å². The molecule has 1 fully saturated rings. The van der Waals surface area contributed by atoms with Gasteiger partial charge in [-0.05, 0) is 38.0 Å². The highest BCUT2D eigenvalue weighted by atomic mass is 32.1. The van der Waals surface area contributed by atoms with Crippen molar-refractivity contribution in [3.05, 3.63) is 45.9 Å². The lowest BCUT2D eigenvalue weighted by atomic mass is 9.94. The first kappa shape index (κ1) is 20.8. The van der Waals surface area contributed by atoms with Crippen molar-refractivity contribution in [1.82, 2.24) is 9.88 Å². The molecule has 1 saturated carbocycles. The Kier molecular flexibility index (Phi) is 7.19. The third kappa shape index (κ3) is 5.55. The molecule has 2 amide bonds. The number of hydrogen-bond donors (Lipinski definition) is 1. The summed E-state index contributed by atoms with van der Waals surface area (Å²) in [5.74, 6) is -0.447. The second-order valence-electron chi connectivity index (χ2n) is 6.89. The fraction of sp³-hybridized carbons (Fsp3) is 0.429. The minimum Gasteiger partial charge on any atom is -0.461 e. The Morgan fingerprint density at radius 2 is 2.14 bits per heavy atom. The zero-order valence-corrected chi connectivity index (χ0v) is 17.2. The average molecular weight is 413 g/mol. The number of ether oxygens (including phenoxy) is 1. The molecule has 1 aliphatic rings. The molecule has 0 radical (unpaired) electrons. The molecule has 0 atom stereocenters. The molecule has 1 heterocycles. The summed E-state index contributed by atoms with van der Waals surface area (Å²) in [4.78, 5) is 31.1. The summed E-state index contributed by atoms with van der Waals surface area (Å²) in [6.07, 6.45) is 5.25. The molecule has 1 N–H and O–H groups in total. The number of aromatic nitrogens is 1. The van der Waals surface area contributed by atoms with Crippen LogP contribution in [-0.2, 0) is 11.3 Å². The van der Waals surface area contributed by atoms with E-state index < -0.39 is 5.97 Å². The summed E-state index contributed by atoms with van der Waals surface area (Å²) in [7, 11) is 0. The number of urea groups is 1. The molecule has 0 spiro atoms. The van der Waals surface area contributed by atoms with Crippen molar-refractivity contribution in [1.29, 1.82) is 5.26 Å². The summed E-state index contributed by atoms with van der Waals surface area (Å²) in [5, 5.41) is 14.3. The number of amides is 2. The molecule has 3 rings (SSSR count). The molecule has 2 aromatic rings. The Hall–Kier alpha value is -2.92. The van der Waals surface area contributed by atoms with Gasteiger partial charge in [0.2, 0.25) is 0 Å². The number of carbonyl (C=O) groups is 2. The molecule has 29 heavy (non-hydrogen) atoms. The highest BCUT2D eigenvalue weighted by Gasteiger charge is 2.27. The Bertz CT molecular complexity index is 899. The van der Waals surface area contributed by atoms with Gasteiger partial charge in [-0.3, -0.25) is 0 Å². The van der Waals surface area contributed by atoms with E-state index in [4.69, 9.17) is 10.00 Å². The Labute approximate surface area is 174 Å². The van der Waals surface area contributed by atoms with Gasteiger partial charge >= 0.3 is 12.0 Å². The molecule has 0 saturated heterocycles. The number of carbonyl (C=O) groups excluding carboxylic acids is 2. The minimum atomic E-state index is -0.447. The van der Waals surface area contributed by atoms with E-state index in [2.05, 4.69) is 16.4 Å². The van der Waals surface area contributed by atoms with Crippen LogP contribution >= 0.6 is 11.3 Å². The lowest BCUT2D eigenvalue weighted by molar-refractivity contribution is 0.0520. The van der Waals surface area contributed by atoms with Crippen molar-refractivity contribution in [2.75, 3.05) is 11.9 Å².